The van der Waals surface area contributed by atoms with Gasteiger partial charge in [-0.1, -0.05) is 31.4 Å². The van der Waals surface area contributed by atoms with Crippen molar-refractivity contribution >= 4 is 17.4 Å². The smallest absolute Gasteiger partial charge is 0.367 e. The highest BCUT2D eigenvalue weighted by atomic mass is 35.5. The maximum Gasteiger partial charge on any atom is 0.416 e. The van der Waals surface area contributed by atoms with Crippen LogP contribution in [0.4, 0.5) is 19.0 Å². The Bertz CT molecular complexity index is 468. The topological polar surface area (TPSA) is 24.9 Å². The molecule has 0 bridgehead atoms. The normalized spacial score (nSPS) is 23.1. The molecule has 1 N–H and O–H groups in total. The van der Waals surface area contributed by atoms with E-state index in [0.29, 0.717) is 0 Å². The van der Waals surface area contributed by atoms with Crippen molar-refractivity contribution in [3.8, 4) is 0 Å². The molecule has 2 nitrogen and oxygen atoms in total. The van der Waals surface area contributed by atoms with Crippen LogP contribution in [0.1, 0.15) is 51.0 Å². The monoisotopic (exact) mass is 320 g/mol. The highest BCUT2D eigenvalue weighted by Gasteiger charge is 2.32. The van der Waals surface area contributed by atoms with E-state index in [1.807, 2.05) is 0 Å². The summed E-state index contributed by atoms with van der Waals surface area (Å²) < 4.78 is 38.2. The number of alkyl halides is 3. The molecule has 2 rings (SSSR count). The maximum absolute atomic E-state index is 12.7. The van der Waals surface area contributed by atoms with Crippen molar-refractivity contribution in [3.63, 3.8) is 0 Å². The molecule has 0 aliphatic heterocycles. The number of nitrogens with one attached hydrogen (secondary N) is 1. The number of halogens is 4. The number of rotatable bonds is 4. The van der Waals surface area contributed by atoms with Crippen molar-refractivity contribution in [2.45, 2.75) is 57.7 Å². The summed E-state index contributed by atoms with van der Waals surface area (Å²) in [6.45, 7) is 2.18. The molecule has 1 aliphatic carbocycles. The summed E-state index contributed by atoms with van der Waals surface area (Å²) in [6.07, 6.45) is 2.21. The summed E-state index contributed by atoms with van der Waals surface area (Å²) in [5, 5.41) is 2.97. The van der Waals surface area contributed by atoms with Crippen LogP contribution < -0.4 is 5.32 Å². The van der Waals surface area contributed by atoms with Crippen LogP contribution in [-0.4, -0.2) is 11.0 Å². The van der Waals surface area contributed by atoms with Crippen LogP contribution >= 0.6 is 11.6 Å². The molecule has 0 amide bonds. The third-order valence-corrected chi connectivity index (χ3v) is 4.21. The SMILES string of the molecule is CCCC1CCC(Nc2cc(C(F)(F)F)cc(Cl)n2)CC1. The van der Waals surface area contributed by atoms with Gasteiger partial charge in [0, 0.05) is 6.04 Å². The lowest BCUT2D eigenvalue weighted by molar-refractivity contribution is -0.137. The molecule has 1 aromatic rings. The van der Waals surface area contributed by atoms with Gasteiger partial charge in [0.1, 0.15) is 11.0 Å². The average Bonchev–Trinajstić information content (AvgIpc) is 2.40. The zero-order chi connectivity index (χ0) is 15.5. The molecular weight excluding hydrogens is 301 g/mol. The van der Waals surface area contributed by atoms with E-state index < -0.39 is 11.7 Å². The van der Waals surface area contributed by atoms with E-state index in [1.54, 1.807) is 0 Å². The van der Waals surface area contributed by atoms with E-state index >= 15 is 0 Å². The first-order valence-corrected chi connectivity index (χ1v) is 7.77. The maximum atomic E-state index is 12.7. The van der Waals surface area contributed by atoms with Crippen molar-refractivity contribution in [1.82, 2.24) is 4.98 Å². The molecule has 1 aliphatic rings. The molecule has 0 aromatic carbocycles. The minimum Gasteiger partial charge on any atom is -0.367 e. The lowest BCUT2D eigenvalue weighted by atomic mass is 9.83. The first kappa shape index (κ1) is 16.4. The predicted molar refractivity (Wildman–Crippen MR) is 78.5 cm³/mol. The number of hydrogen-bond acceptors (Lipinski definition) is 2. The van der Waals surface area contributed by atoms with Crippen molar-refractivity contribution in [1.29, 1.82) is 0 Å². The summed E-state index contributed by atoms with van der Waals surface area (Å²) in [7, 11) is 0. The third kappa shape index (κ3) is 4.77. The lowest BCUT2D eigenvalue weighted by Gasteiger charge is -2.29. The first-order valence-electron chi connectivity index (χ1n) is 7.39. The minimum atomic E-state index is -4.40. The van der Waals surface area contributed by atoms with Crippen molar-refractivity contribution in [3.05, 3.63) is 22.8 Å². The molecule has 1 fully saturated rings. The Hall–Kier alpha value is -0.970. The van der Waals surface area contributed by atoms with Gasteiger partial charge in [-0.15, -0.1) is 0 Å². The lowest BCUT2D eigenvalue weighted by Crippen LogP contribution is -2.26. The standard InChI is InChI=1S/C15H20ClF3N2/c1-2-3-10-4-6-12(7-5-10)20-14-9-11(15(17,18)19)8-13(16)21-14/h8-10,12H,2-7H2,1H3,(H,20,21). The van der Waals surface area contributed by atoms with E-state index in [9.17, 15) is 13.2 Å². The van der Waals surface area contributed by atoms with E-state index in [1.165, 1.54) is 12.8 Å². The molecule has 0 spiro atoms. The average molecular weight is 321 g/mol. The fourth-order valence-electron chi connectivity index (χ4n) is 2.95. The fourth-order valence-corrected chi connectivity index (χ4v) is 3.16. The molecule has 0 saturated heterocycles. The van der Waals surface area contributed by atoms with E-state index in [-0.39, 0.29) is 17.0 Å². The van der Waals surface area contributed by atoms with Gasteiger partial charge in [0.15, 0.2) is 0 Å². The largest absolute Gasteiger partial charge is 0.416 e. The molecule has 21 heavy (non-hydrogen) atoms. The quantitative estimate of drug-likeness (QED) is 0.738. The molecular formula is C15H20ClF3N2. The molecule has 0 atom stereocenters. The minimum absolute atomic E-state index is 0.132. The Morgan fingerprint density at radius 1 is 1.24 bits per heavy atom. The van der Waals surface area contributed by atoms with Gasteiger partial charge in [-0.2, -0.15) is 13.2 Å². The molecule has 6 heteroatoms. The van der Waals surface area contributed by atoms with Crippen LogP contribution in [0.25, 0.3) is 0 Å². The summed E-state index contributed by atoms with van der Waals surface area (Å²) in [5.74, 6) is 0.972. The summed E-state index contributed by atoms with van der Waals surface area (Å²) >= 11 is 5.69. The Balaban J connectivity index is 1.99. The van der Waals surface area contributed by atoms with Crippen LogP contribution in [0, 0.1) is 5.92 Å². The fraction of sp³-hybridized carbons (Fsp3) is 0.667. The van der Waals surface area contributed by atoms with Gasteiger partial charge in [-0.3, -0.25) is 0 Å². The number of nitrogens with zero attached hydrogens (tertiary/aromatic N) is 1. The number of anilines is 1. The van der Waals surface area contributed by atoms with Crippen LogP contribution in [-0.2, 0) is 6.18 Å². The first-order chi connectivity index (χ1) is 9.88. The Labute approximate surface area is 128 Å². The van der Waals surface area contributed by atoms with Gasteiger partial charge < -0.3 is 5.32 Å². The third-order valence-electron chi connectivity index (χ3n) is 4.02. The van der Waals surface area contributed by atoms with Crippen LogP contribution in [0.15, 0.2) is 12.1 Å². The van der Waals surface area contributed by atoms with Gasteiger partial charge in [0.05, 0.1) is 5.56 Å². The van der Waals surface area contributed by atoms with Gasteiger partial charge >= 0.3 is 6.18 Å². The predicted octanol–water partition coefficient (Wildman–Crippen LogP) is 5.52. The van der Waals surface area contributed by atoms with Crippen LogP contribution in [0.5, 0.6) is 0 Å². The van der Waals surface area contributed by atoms with Crippen LogP contribution in [0.3, 0.4) is 0 Å². The van der Waals surface area contributed by atoms with Gasteiger partial charge in [-0.05, 0) is 43.7 Å². The molecule has 118 valence electrons. The van der Waals surface area contributed by atoms with Crippen molar-refractivity contribution < 1.29 is 13.2 Å². The Morgan fingerprint density at radius 3 is 2.48 bits per heavy atom. The summed E-state index contributed by atoms with van der Waals surface area (Å²) in [5.41, 5.74) is -0.760. The van der Waals surface area contributed by atoms with Gasteiger partial charge in [-0.25, -0.2) is 4.98 Å². The number of aromatic nitrogens is 1. The molecule has 1 heterocycles. The Morgan fingerprint density at radius 2 is 1.90 bits per heavy atom. The highest BCUT2D eigenvalue weighted by molar-refractivity contribution is 6.29. The molecule has 0 radical (unpaired) electrons. The summed E-state index contributed by atoms with van der Waals surface area (Å²) in [6, 6.07) is 2.07. The second-order valence-electron chi connectivity index (χ2n) is 5.71. The second kappa shape index (κ2) is 6.86. The number of hydrogen-bond donors (Lipinski definition) is 1. The molecule has 1 aromatic heterocycles. The summed E-state index contributed by atoms with van der Waals surface area (Å²) in [4.78, 5) is 3.95. The van der Waals surface area contributed by atoms with Crippen LogP contribution in [0.2, 0.25) is 5.15 Å². The zero-order valence-electron chi connectivity index (χ0n) is 12.0. The van der Waals surface area contributed by atoms with E-state index in [4.69, 9.17) is 11.6 Å². The van der Waals surface area contributed by atoms with Gasteiger partial charge in [0.25, 0.3) is 0 Å². The number of pyridine rings is 1. The zero-order valence-corrected chi connectivity index (χ0v) is 12.8. The molecule has 0 unspecified atom stereocenters. The van der Waals surface area contributed by atoms with E-state index in [2.05, 4.69) is 17.2 Å². The Kier molecular flexibility index (Phi) is 5.36. The highest BCUT2D eigenvalue weighted by Crippen LogP contribution is 2.33. The van der Waals surface area contributed by atoms with E-state index in [0.717, 1.165) is 43.7 Å². The molecule has 1 saturated carbocycles. The van der Waals surface area contributed by atoms with Crippen molar-refractivity contribution in [2.24, 2.45) is 5.92 Å². The second-order valence-corrected chi connectivity index (χ2v) is 6.10. The van der Waals surface area contributed by atoms with Crippen molar-refractivity contribution in [2.75, 3.05) is 5.32 Å². The van der Waals surface area contributed by atoms with Gasteiger partial charge in [0.2, 0.25) is 0 Å².